The second-order valence-electron chi connectivity index (χ2n) is 3.75. The van der Waals surface area contributed by atoms with E-state index in [1.165, 1.54) is 14.0 Å². The van der Waals surface area contributed by atoms with Gasteiger partial charge >= 0.3 is 5.97 Å². The van der Waals surface area contributed by atoms with Crippen LogP contribution in [-0.4, -0.2) is 30.1 Å². The third kappa shape index (κ3) is 3.04. The van der Waals surface area contributed by atoms with E-state index in [1.54, 1.807) is 24.3 Å². The number of ether oxygens (including phenoxy) is 1. The molecule has 1 rings (SSSR count). The zero-order valence-corrected chi connectivity index (χ0v) is 9.71. The first-order chi connectivity index (χ1) is 7.97. The predicted octanol–water partition coefficient (Wildman–Crippen LogP) is 1.04. The zero-order valence-electron chi connectivity index (χ0n) is 9.71. The zero-order chi connectivity index (χ0) is 13.0. The Hall–Kier alpha value is -1.88. The van der Waals surface area contributed by atoms with Gasteiger partial charge in [0.15, 0.2) is 6.10 Å². The molecule has 0 heterocycles. The summed E-state index contributed by atoms with van der Waals surface area (Å²) in [6.45, 7) is 1.34. The number of anilines is 1. The Bertz CT molecular complexity index is 413. The molecule has 2 atom stereocenters. The van der Waals surface area contributed by atoms with E-state index in [0.29, 0.717) is 11.3 Å². The van der Waals surface area contributed by atoms with Gasteiger partial charge in [0.1, 0.15) is 5.78 Å². The maximum atomic E-state index is 11.6. The van der Waals surface area contributed by atoms with E-state index in [1.807, 2.05) is 0 Å². The van der Waals surface area contributed by atoms with Gasteiger partial charge in [0.25, 0.3) is 0 Å². The molecular weight excluding hydrogens is 222 g/mol. The highest BCUT2D eigenvalue weighted by atomic mass is 16.5. The SMILES string of the molecule is COC(C(=O)O)C(C(C)=O)c1ccc(N)cc1. The van der Waals surface area contributed by atoms with Gasteiger partial charge in [-0.1, -0.05) is 12.1 Å². The summed E-state index contributed by atoms with van der Waals surface area (Å²) < 4.78 is 4.87. The minimum atomic E-state index is -1.18. The molecule has 5 nitrogen and oxygen atoms in total. The third-order valence-corrected chi connectivity index (χ3v) is 2.53. The Morgan fingerprint density at radius 2 is 1.82 bits per heavy atom. The fraction of sp³-hybridized carbons (Fsp3) is 0.333. The molecule has 3 N–H and O–H groups in total. The highest BCUT2D eigenvalue weighted by Gasteiger charge is 2.32. The molecule has 0 amide bonds. The number of carbonyl (C=O) groups excluding carboxylic acids is 1. The summed E-state index contributed by atoms with van der Waals surface area (Å²) >= 11 is 0. The molecule has 0 fully saturated rings. The molecule has 0 bridgehead atoms. The number of benzene rings is 1. The van der Waals surface area contributed by atoms with Crippen LogP contribution < -0.4 is 5.73 Å². The van der Waals surface area contributed by atoms with Crippen molar-refractivity contribution in [1.29, 1.82) is 0 Å². The Kier molecular flexibility index (Phi) is 4.23. The van der Waals surface area contributed by atoms with Crippen molar-refractivity contribution in [3.05, 3.63) is 29.8 Å². The van der Waals surface area contributed by atoms with Gasteiger partial charge in [0.2, 0.25) is 0 Å². The summed E-state index contributed by atoms with van der Waals surface area (Å²) in [5.41, 5.74) is 6.68. The van der Waals surface area contributed by atoms with Crippen molar-refractivity contribution in [1.82, 2.24) is 0 Å². The number of nitrogens with two attached hydrogens (primary N) is 1. The van der Waals surface area contributed by atoms with Crippen LogP contribution >= 0.6 is 0 Å². The first-order valence-corrected chi connectivity index (χ1v) is 5.09. The largest absolute Gasteiger partial charge is 0.479 e. The smallest absolute Gasteiger partial charge is 0.333 e. The normalized spacial score (nSPS) is 14.0. The van der Waals surface area contributed by atoms with Gasteiger partial charge in [0, 0.05) is 12.8 Å². The predicted molar refractivity (Wildman–Crippen MR) is 62.7 cm³/mol. The highest BCUT2D eigenvalue weighted by molar-refractivity contribution is 5.90. The lowest BCUT2D eigenvalue weighted by Crippen LogP contribution is -2.33. The van der Waals surface area contributed by atoms with Crippen LogP contribution in [0.1, 0.15) is 18.4 Å². The minimum absolute atomic E-state index is 0.260. The fourth-order valence-corrected chi connectivity index (χ4v) is 1.71. The van der Waals surface area contributed by atoms with Gasteiger partial charge < -0.3 is 15.6 Å². The van der Waals surface area contributed by atoms with Crippen LogP contribution in [0.4, 0.5) is 5.69 Å². The van der Waals surface area contributed by atoms with E-state index in [4.69, 9.17) is 15.6 Å². The number of ketones is 1. The first kappa shape index (κ1) is 13.2. The van der Waals surface area contributed by atoms with Crippen LogP contribution in [0.3, 0.4) is 0 Å². The van der Waals surface area contributed by atoms with Gasteiger partial charge in [-0.15, -0.1) is 0 Å². The van der Waals surface area contributed by atoms with Gasteiger partial charge in [-0.3, -0.25) is 4.79 Å². The van der Waals surface area contributed by atoms with Gasteiger partial charge in [-0.05, 0) is 24.6 Å². The molecule has 2 unspecified atom stereocenters. The molecule has 0 aliphatic heterocycles. The van der Waals surface area contributed by atoms with E-state index in [9.17, 15) is 9.59 Å². The molecule has 5 heteroatoms. The first-order valence-electron chi connectivity index (χ1n) is 5.09. The highest BCUT2D eigenvalue weighted by Crippen LogP contribution is 2.24. The quantitative estimate of drug-likeness (QED) is 0.747. The molecule has 92 valence electrons. The van der Waals surface area contributed by atoms with Crippen molar-refractivity contribution in [3.8, 4) is 0 Å². The Morgan fingerprint density at radius 1 is 1.29 bits per heavy atom. The van der Waals surface area contributed by atoms with Crippen LogP contribution in [0.25, 0.3) is 0 Å². The number of aliphatic carboxylic acids is 1. The van der Waals surface area contributed by atoms with E-state index in [0.717, 1.165) is 0 Å². The van der Waals surface area contributed by atoms with E-state index in [-0.39, 0.29) is 5.78 Å². The summed E-state index contributed by atoms with van der Waals surface area (Å²) in [6, 6.07) is 6.52. The molecule has 0 radical (unpaired) electrons. The van der Waals surface area contributed by atoms with Crippen LogP contribution in [0.2, 0.25) is 0 Å². The summed E-state index contributed by atoms with van der Waals surface area (Å²) in [5, 5.41) is 9.01. The topological polar surface area (TPSA) is 89.6 Å². The van der Waals surface area contributed by atoms with E-state index >= 15 is 0 Å². The van der Waals surface area contributed by atoms with E-state index < -0.39 is 18.0 Å². The maximum absolute atomic E-state index is 11.6. The lowest BCUT2D eigenvalue weighted by Gasteiger charge is -2.20. The summed E-state index contributed by atoms with van der Waals surface area (Å²) in [7, 11) is 1.27. The summed E-state index contributed by atoms with van der Waals surface area (Å²) in [5.74, 6) is -2.24. The molecule has 17 heavy (non-hydrogen) atoms. The summed E-state index contributed by atoms with van der Waals surface area (Å²) in [6.07, 6.45) is -1.18. The van der Waals surface area contributed by atoms with Crippen molar-refractivity contribution in [2.45, 2.75) is 18.9 Å². The van der Waals surface area contributed by atoms with Crippen molar-refractivity contribution in [2.24, 2.45) is 0 Å². The van der Waals surface area contributed by atoms with Crippen molar-refractivity contribution in [2.75, 3.05) is 12.8 Å². The van der Waals surface area contributed by atoms with Crippen molar-refractivity contribution < 1.29 is 19.4 Å². The number of carboxylic acid groups (broad SMARTS) is 1. The van der Waals surface area contributed by atoms with Crippen LogP contribution in [-0.2, 0) is 14.3 Å². The average Bonchev–Trinajstić information content (AvgIpc) is 2.26. The summed E-state index contributed by atoms with van der Waals surface area (Å²) in [4.78, 5) is 22.6. The third-order valence-electron chi connectivity index (χ3n) is 2.53. The molecule has 0 aromatic heterocycles. The molecule has 1 aromatic rings. The fourth-order valence-electron chi connectivity index (χ4n) is 1.71. The Balaban J connectivity index is 3.12. The van der Waals surface area contributed by atoms with Gasteiger partial charge in [-0.2, -0.15) is 0 Å². The average molecular weight is 237 g/mol. The van der Waals surface area contributed by atoms with Crippen molar-refractivity contribution >= 4 is 17.4 Å². The maximum Gasteiger partial charge on any atom is 0.333 e. The Morgan fingerprint density at radius 3 is 2.18 bits per heavy atom. The number of carboxylic acids is 1. The molecule has 0 aliphatic carbocycles. The van der Waals surface area contributed by atoms with Gasteiger partial charge in [-0.25, -0.2) is 4.79 Å². The molecular formula is C12H15NO4. The minimum Gasteiger partial charge on any atom is -0.479 e. The molecule has 1 aromatic carbocycles. The molecule has 0 saturated carbocycles. The van der Waals surface area contributed by atoms with E-state index in [2.05, 4.69) is 0 Å². The monoisotopic (exact) mass is 237 g/mol. The molecule has 0 spiro atoms. The molecule has 0 saturated heterocycles. The number of hydrogen-bond acceptors (Lipinski definition) is 4. The second kappa shape index (κ2) is 5.45. The van der Waals surface area contributed by atoms with Crippen molar-refractivity contribution in [3.63, 3.8) is 0 Å². The van der Waals surface area contributed by atoms with Crippen LogP contribution in [0, 0.1) is 0 Å². The lowest BCUT2D eigenvalue weighted by atomic mass is 9.90. The Labute approximate surface area is 99.2 Å². The second-order valence-corrected chi connectivity index (χ2v) is 3.75. The number of rotatable bonds is 5. The lowest BCUT2D eigenvalue weighted by molar-refractivity contribution is -0.152. The number of methoxy groups -OCH3 is 1. The molecule has 0 aliphatic rings. The number of nitrogen functional groups attached to an aromatic ring is 1. The number of Topliss-reactive ketones (excluding diaryl/α,β-unsaturated/α-hetero) is 1. The van der Waals surface area contributed by atoms with Crippen LogP contribution in [0.15, 0.2) is 24.3 Å². The number of hydrogen-bond donors (Lipinski definition) is 2. The van der Waals surface area contributed by atoms with Gasteiger partial charge in [0.05, 0.1) is 5.92 Å². The van der Waals surface area contributed by atoms with Crippen LogP contribution in [0.5, 0.6) is 0 Å². The number of carbonyl (C=O) groups is 2. The standard InChI is InChI=1S/C12H15NO4/c1-7(14)10(11(17-2)12(15)16)8-3-5-9(13)6-4-8/h3-6,10-11H,13H2,1-2H3,(H,15,16).